The van der Waals surface area contributed by atoms with Crippen LogP contribution < -0.4 is 0 Å². The second kappa shape index (κ2) is 9.11. The van der Waals surface area contributed by atoms with E-state index in [4.69, 9.17) is 4.79 Å². The summed E-state index contributed by atoms with van der Waals surface area (Å²) in [6.07, 6.45) is 0.750. The fraction of sp³-hybridized carbons (Fsp3) is 0.250. The van der Waals surface area contributed by atoms with Gasteiger partial charge in [0.05, 0.1) is 0 Å². The van der Waals surface area contributed by atoms with Gasteiger partial charge in [0, 0.05) is 30.6 Å². The largest absolute Gasteiger partial charge is 0.304 e. The van der Waals surface area contributed by atoms with Gasteiger partial charge in [-0.1, -0.05) is 24.3 Å². The number of ketones is 2. The van der Waals surface area contributed by atoms with Crippen LogP contribution in [0.4, 0.5) is 0 Å². The summed E-state index contributed by atoms with van der Waals surface area (Å²) < 4.78 is 0. The molecule has 0 saturated heterocycles. The molecule has 1 aromatic rings. The Morgan fingerprint density at radius 2 is 1.25 bits per heavy atom. The molecule has 0 heterocycles. The molecule has 0 fully saturated rings. The Morgan fingerprint density at radius 1 is 1.00 bits per heavy atom. The van der Waals surface area contributed by atoms with Crippen LogP contribution in [-0.2, 0) is 24.3 Å². The number of hydrogen-bond acceptors (Lipinski definition) is 3. The molecule has 0 bridgehead atoms. The predicted molar refractivity (Wildman–Crippen MR) is 58.2 cm³/mol. The molecule has 0 spiro atoms. The van der Waals surface area contributed by atoms with E-state index in [1.807, 2.05) is 0 Å². The van der Waals surface area contributed by atoms with Crippen molar-refractivity contribution < 1.29 is 33.9 Å². The van der Waals surface area contributed by atoms with Crippen LogP contribution in [-0.4, -0.2) is 17.9 Å². The first-order chi connectivity index (χ1) is 7.04. The average Bonchev–Trinajstić information content (AvgIpc) is 2.19. The van der Waals surface area contributed by atoms with Crippen molar-refractivity contribution in [2.45, 2.75) is 20.8 Å². The van der Waals surface area contributed by atoms with E-state index in [0.29, 0.717) is 11.1 Å². The van der Waals surface area contributed by atoms with Gasteiger partial charge in [0.2, 0.25) is 0 Å². The Kier molecular flexibility index (Phi) is 9.82. The quantitative estimate of drug-likeness (QED) is 0.471. The standard InChI is InChI=1S/C10H10O2.C2H4O.Zn/c1-7(11)9-5-3-4-6-10(9)8(2)12;1-2-3;/h3-6H,1-2H3;2H,1H3;. The van der Waals surface area contributed by atoms with E-state index >= 15 is 0 Å². The van der Waals surface area contributed by atoms with Gasteiger partial charge in [0.15, 0.2) is 11.6 Å². The normalized spacial score (nSPS) is 7.94. The van der Waals surface area contributed by atoms with Gasteiger partial charge in [-0.15, -0.1) is 0 Å². The topological polar surface area (TPSA) is 51.2 Å². The van der Waals surface area contributed by atoms with Gasteiger partial charge >= 0.3 is 0 Å². The van der Waals surface area contributed by atoms with Crippen LogP contribution in [0.3, 0.4) is 0 Å². The van der Waals surface area contributed by atoms with Crippen LogP contribution in [0.15, 0.2) is 24.3 Å². The van der Waals surface area contributed by atoms with E-state index in [2.05, 4.69) is 0 Å². The van der Waals surface area contributed by atoms with Crippen LogP contribution in [0.1, 0.15) is 41.5 Å². The SMILES string of the molecule is CC(=O)c1ccccc1C(C)=O.CC=O.[Zn]. The van der Waals surface area contributed by atoms with Crippen molar-refractivity contribution in [3.05, 3.63) is 35.4 Å². The first-order valence-electron chi connectivity index (χ1n) is 4.55. The number of hydrogen-bond donors (Lipinski definition) is 0. The zero-order valence-electron chi connectivity index (χ0n) is 9.82. The van der Waals surface area contributed by atoms with Crippen LogP contribution >= 0.6 is 0 Å². The fourth-order valence-electron chi connectivity index (χ4n) is 1.10. The number of benzene rings is 1. The predicted octanol–water partition coefficient (Wildman–Crippen LogP) is 2.29. The Balaban J connectivity index is 0. The fourth-order valence-corrected chi connectivity index (χ4v) is 1.10. The van der Waals surface area contributed by atoms with Gasteiger partial charge in [0.1, 0.15) is 6.29 Å². The molecule has 0 aromatic heterocycles. The van der Waals surface area contributed by atoms with Gasteiger partial charge in [-0.05, 0) is 20.8 Å². The van der Waals surface area contributed by atoms with Gasteiger partial charge in [-0.3, -0.25) is 9.59 Å². The summed E-state index contributed by atoms with van der Waals surface area (Å²) >= 11 is 0. The summed E-state index contributed by atoms with van der Waals surface area (Å²) in [7, 11) is 0. The first kappa shape index (κ1) is 17.3. The van der Waals surface area contributed by atoms with Gasteiger partial charge in [0.25, 0.3) is 0 Å². The molecule has 0 N–H and O–H groups in total. The Morgan fingerprint density at radius 3 is 1.44 bits per heavy atom. The monoisotopic (exact) mass is 270 g/mol. The second-order valence-electron chi connectivity index (χ2n) is 2.89. The maximum absolute atomic E-state index is 11.0. The smallest absolute Gasteiger partial charge is 0.160 e. The first-order valence-corrected chi connectivity index (χ1v) is 4.55. The summed E-state index contributed by atoms with van der Waals surface area (Å²) in [4.78, 5) is 30.8. The van der Waals surface area contributed by atoms with Crippen molar-refractivity contribution in [3.63, 3.8) is 0 Å². The minimum atomic E-state index is -0.0687. The van der Waals surface area contributed by atoms with Crippen LogP contribution in [0.25, 0.3) is 0 Å². The number of aldehydes is 1. The van der Waals surface area contributed by atoms with E-state index in [1.54, 1.807) is 24.3 Å². The van der Waals surface area contributed by atoms with Gasteiger partial charge in [-0.25, -0.2) is 0 Å². The Labute approximate surface area is 108 Å². The number of rotatable bonds is 2. The Hall–Kier alpha value is -1.15. The molecule has 0 atom stereocenters. The van der Waals surface area contributed by atoms with Gasteiger partial charge < -0.3 is 4.79 Å². The summed E-state index contributed by atoms with van der Waals surface area (Å²) in [6, 6.07) is 6.84. The van der Waals surface area contributed by atoms with Crippen molar-refractivity contribution in [2.75, 3.05) is 0 Å². The van der Waals surface area contributed by atoms with Crippen LogP contribution in [0, 0.1) is 0 Å². The molecule has 3 nitrogen and oxygen atoms in total. The third-order valence-corrected chi connectivity index (χ3v) is 1.69. The maximum Gasteiger partial charge on any atom is 0.160 e. The van der Waals surface area contributed by atoms with E-state index in [1.165, 1.54) is 20.8 Å². The minimum absolute atomic E-state index is 0. The third-order valence-electron chi connectivity index (χ3n) is 1.69. The molecule has 0 saturated carbocycles. The molecule has 82 valence electrons. The van der Waals surface area contributed by atoms with E-state index < -0.39 is 0 Å². The zero-order chi connectivity index (χ0) is 11.8. The number of carbonyl (C=O) groups excluding carboxylic acids is 3. The summed E-state index contributed by atoms with van der Waals surface area (Å²) in [5.41, 5.74) is 1.01. The molecule has 0 aliphatic heterocycles. The summed E-state index contributed by atoms with van der Waals surface area (Å²) in [6.45, 7) is 4.36. The molecule has 0 radical (unpaired) electrons. The minimum Gasteiger partial charge on any atom is -0.304 e. The molecular weight excluding hydrogens is 258 g/mol. The molecule has 16 heavy (non-hydrogen) atoms. The molecule has 1 rings (SSSR count). The van der Waals surface area contributed by atoms with E-state index in [0.717, 1.165) is 6.29 Å². The molecule has 0 aliphatic carbocycles. The summed E-state index contributed by atoms with van der Waals surface area (Å²) in [5.74, 6) is -0.137. The number of Topliss-reactive ketones (excluding diaryl/α,β-unsaturated/α-hetero) is 2. The molecule has 0 unspecified atom stereocenters. The molecule has 1 aromatic carbocycles. The zero-order valence-corrected chi connectivity index (χ0v) is 12.8. The van der Waals surface area contributed by atoms with Gasteiger partial charge in [-0.2, -0.15) is 0 Å². The van der Waals surface area contributed by atoms with Crippen molar-refractivity contribution in [3.8, 4) is 0 Å². The van der Waals surface area contributed by atoms with Crippen molar-refractivity contribution in [2.24, 2.45) is 0 Å². The molecule has 0 amide bonds. The van der Waals surface area contributed by atoms with E-state index in [9.17, 15) is 9.59 Å². The Bertz CT molecular complexity index is 339. The van der Waals surface area contributed by atoms with Crippen molar-refractivity contribution in [1.82, 2.24) is 0 Å². The second-order valence-corrected chi connectivity index (χ2v) is 2.89. The molecular formula is C12H14O3Zn. The maximum atomic E-state index is 11.0. The van der Waals surface area contributed by atoms with Crippen LogP contribution in [0.5, 0.6) is 0 Å². The third kappa shape index (κ3) is 5.67. The van der Waals surface area contributed by atoms with E-state index in [-0.39, 0.29) is 31.0 Å². The average molecular weight is 272 g/mol. The number of carbonyl (C=O) groups is 3. The molecule has 0 aliphatic rings. The van der Waals surface area contributed by atoms with Crippen molar-refractivity contribution in [1.29, 1.82) is 0 Å². The van der Waals surface area contributed by atoms with Crippen LogP contribution in [0.2, 0.25) is 0 Å². The molecule has 4 heteroatoms. The van der Waals surface area contributed by atoms with Crippen molar-refractivity contribution >= 4 is 17.9 Å². The summed E-state index contributed by atoms with van der Waals surface area (Å²) in [5, 5.41) is 0.